The molecule has 3 heterocycles. The number of nitrogens with two attached hydrogens (primary N) is 1. The normalized spacial score (nSPS) is 11.5. The molecule has 32 heavy (non-hydrogen) atoms. The van der Waals surface area contributed by atoms with Gasteiger partial charge in [-0.25, -0.2) is 14.4 Å². The topological polar surface area (TPSA) is 89.6 Å². The largest absolute Gasteiger partial charge is 0.366 e. The van der Waals surface area contributed by atoms with Gasteiger partial charge in [-0.3, -0.25) is 9.36 Å². The first-order chi connectivity index (χ1) is 15.6. The van der Waals surface area contributed by atoms with Crippen LogP contribution in [-0.2, 0) is 0 Å². The molecule has 0 saturated heterocycles. The number of amides is 1. The number of nitrogens with zero attached hydrogens (tertiary/aromatic N) is 3. The van der Waals surface area contributed by atoms with Crippen molar-refractivity contribution in [3.05, 3.63) is 90.4 Å². The van der Waals surface area contributed by atoms with Crippen LogP contribution in [0.15, 0.2) is 79.0 Å². The molecule has 0 aliphatic carbocycles. The van der Waals surface area contributed by atoms with Crippen LogP contribution < -0.4 is 5.73 Å². The van der Waals surface area contributed by atoms with Gasteiger partial charge in [-0.15, -0.1) is 0 Å². The monoisotopic (exact) mass is 421 g/mol. The molecule has 0 unspecified atom stereocenters. The van der Waals surface area contributed by atoms with Crippen LogP contribution in [0, 0.1) is 5.82 Å². The van der Waals surface area contributed by atoms with Gasteiger partial charge in [0, 0.05) is 22.5 Å². The molecule has 3 N–H and O–H groups in total. The lowest BCUT2D eigenvalue weighted by Crippen LogP contribution is -2.11. The Morgan fingerprint density at radius 3 is 2.62 bits per heavy atom. The molecule has 3 aromatic carbocycles. The number of rotatable bonds is 3. The number of H-pyrrole nitrogens is 1. The Bertz CT molecular complexity index is 1660. The summed E-state index contributed by atoms with van der Waals surface area (Å²) < 4.78 is 15.7. The van der Waals surface area contributed by atoms with Crippen molar-refractivity contribution in [2.75, 3.05) is 0 Å². The van der Waals surface area contributed by atoms with Gasteiger partial charge in [0.05, 0.1) is 27.6 Å². The number of pyridine rings is 1. The maximum Gasteiger partial charge on any atom is 0.250 e. The van der Waals surface area contributed by atoms with Crippen LogP contribution in [0.3, 0.4) is 0 Å². The van der Waals surface area contributed by atoms with Gasteiger partial charge in [-0.2, -0.15) is 0 Å². The number of primary amides is 1. The molecule has 0 saturated carbocycles. The lowest BCUT2D eigenvalue weighted by molar-refractivity contribution is 0.1000. The first kappa shape index (κ1) is 18.3. The predicted molar refractivity (Wildman–Crippen MR) is 122 cm³/mol. The molecule has 6 rings (SSSR count). The molecule has 0 radical (unpaired) electrons. The number of hydrogen-bond acceptors (Lipinski definition) is 3. The molecule has 1 amide bonds. The van der Waals surface area contributed by atoms with Crippen LogP contribution in [0.1, 0.15) is 10.4 Å². The van der Waals surface area contributed by atoms with Gasteiger partial charge >= 0.3 is 0 Å². The number of nitrogens with one attached hydrogen (secondary N) is 1. The molecule has 7 heteroatoms. The van der Waals surface area contributed by atoms with E-state index in [0.717, 1.165) is 27.4 Å². The SMILES string of the molecule is NC(=O)c1ccc(-n2c3ccccc3c3c(-c4nc5ccc(F)cc5[nH]4)cccc32)nc1. The van der Waals surface area contributed by atoms with Gasteiger partial charge in [0.2, 0.25) is 5.91 Å². The van der Waals surface area contributed by atoms with E-state index in [1.54, 1.807) is 18.2 Å². The smallest absolute Gasteiger partial charge is 0.250 e. The molecule has 6 nitrogen and oxygen atoms in total. The third kappa shape index (κ3) is 2.68. The Balaban J connectivity index is 1.66. The van der Waals surface area contributed by atoms with Gasteiger partial charge in [0.15, 0.2) is 0 Å². The molecule has 0 bridgehead atoms. The third-order valence-corrected chi connectivity index (χ3v) is 5.66. The Labute approximate surface area is 181 Å². The molecule has 3 aromatic heterocycles. The predicted octanol–water partition coefficient (Wildman–Crippen LogP) is 4.96. The molecule has 0 spiro atoms. The number of para-hydroxylation sites is 1. The van der Waals surface area contributed by atoms with Gasteiger partial charge < -0.3 is 10.7 Å². The number of benzene rings is 3. The molecule has 154 valence electrons. The van der Waals surface area contributed by atoms with E-state index in [2.05, 4.69) is 16.0 Å². The fraction of sp³-hybridized carbons (Fsp3) is 0. The summed E-state index contributed by atoms with van der Waals surface area (Å²) in [4.78, 5) is 23.9. The van der Waals surface area contributed by atoms with Crippen LogP contribution in [0.2, 0.25) is 0 Å². The molecule has 0 aliphatic rings. The van der Waals surface area contributed by atoms with Crippen LogP contribution in [0.5, 0.6) is 0 Å². The Kier molecular flexibility index (Phi) is 3.85. The zero-order valence-corrected chi connectivity index (χ0v) is 16.7. The highest BCUT2D eigenvalue weighted by atomic mass is 19.1. The molecule has 0 atom stereocenters. The van der Waals surface area contributed by atoms with E-state index in [4.69, 9.17) is 10.7 Å². The molecular weight excluding hydrogens is 405 g/mol. The Hall–Kier alpha value is -4.52. The van der Waals surface area contributed by atoms with Crippen LogP contribution in [0.25, 0.3) is 50.0 Å². The van der Waals surface area contributed by atoms with Crippen molar-refractivity contribution >= 4 is 38.7 Å². The zero-order valence-electron chi connectivity index (χ0n) is 16.7. The minimum absolute atomic E-state index is 0.312. The highest BCUT2D eigenvalue weighted by Gasteiger charge is 2.18. The van der Waals surface area contributed by atoms with Crippen molar-refractivity contribution in [1.82, 2.24) is 19.5 Å². The zero-order chi connectivity index (χ0) is 21.8. The van der Waals surface area contributed by atoms with Crippen molar-refractivity contribution in [2.45, 2.75) is 0 Å². The first-order valence-corrected chi connectivity index (χ1v) is 10.0. The van der Waals surface area contributed by atoms with E-state index in [-0.39, 0.29) is 5.82 Å². The maximum absolute atomic E-state index is 13.7. The minimum Gasteiger partial charge on any atom is -0.366 e. The quantitative estimate of drug-likeness (QED) is 0.423. The molecular formula is C25H16FN5O. The third-order valence-electron chi connectivity index (χ3n) is 5.66. The minimum atomic E-state index is -0.519. The fourth-order valence-corrected chi connectivity index (χ4v) is 4.24. The second-order valence-electron chi connectivity index (χ2n) is 7.57. The number of carbonyl (C=O) groups excluding carboxylic acids is 1. The van der Waals surface area contributed by atoms with Crippen molar-refractivity contribution in [3.8, 4) is 17.2 Å². The Morgan fingerprint density at radius 1 is 0.969 bits per heavy atom. The van der Waals surface area contributed by atoms with Gasteiger partial charge in [-0.05, 0) is 42.5 Å². The summed E-state index contributed by atoms with van der Waals surface area (Å²) >= 11 is 0. The standard InChI is InChI=1S/C25H16FN5O/c26-15-9-10-18-19(12-15)30-25(29-18)17-5-3-7-21-23(17)16-4-1-2-6-20(16)31(21)22-11-8-14(13-28-22)24(27)32/h1-13H,(H2,27,32)(H,29,30). The molecule has 0 aliphatic heterocycles. The van der Waals surface area contributed by atoms with E-state index in [0.29, 0.717) is 28.2 Å². The van der Waals surface area contributed by atoms with Gasteiger partial charge in [0.1, 0.15) is 17.5 Å². The number of halogens is 1. The highest BCUT2D eigenvalue weighted by molar-refractivity contribution is 6.15. The van der Waals surface area contributed by atoms with Crippen molar-refractivity contribution in [2.24, 2.45) is 5.73 Å². The van der Waals surface area contributed by atoms with Gasteiger partial charge in [0.25, 0.3) is 0 Å². The number of imidazole rings is 1. The summed E-state index contributed by atoms with van der Waals surface area (Å²) in [5.74, 6) is 0.504. The van der Waals surface area contributed by atoms with Gasteiger partial charge in [-0.1, -0.05) is 30.3 Å². The van der Waals surface area contributed by atoms with Crippen molar-refractivity contribution in [1.29, 1.82) is 0 Å². The summed E-state index contributed by atoms with van der Waals surface area (Å²) in [7, 11) is 0. The summed E-state index contributed by atoms with van der Waals surface area (Å²) in [6.45, 7) is 0. The first-order valence-electron chi connectivity index (χ1n) is 10.0. The van der Waals surface area contributed by atoms with E-state index in [1.165, 1.54) is 18.3 Å². The summed E-state index contributed by atoms with van der Waals surface area (Å²) in [5.41, 5.74) is 9.88. The Morgan fingerprint density at radius 2 is 1.81 bits per heavy atom. The highest BCUT2D eigenvalue weighted by Crippen LogP contribution is 2.37. The summed E-state index contributed by atoms with van der Waals surface area (Å²) in [6, 6.07) is 22.0. The summed E-state index contributed by atoms with van der Waals surface area (Å²) in [5, 5.41) is 2.04. The molecule has 0 fully saturated rings. The van der Waals surface area contributed by atoms with E-state index < -0.39 is 5.91 Å². The lowest BCUT2D eigenvalue weighted by atomic mass is 10.1. The maximum atomic E-state index is 13.7. The van der Waals surface area contributed by atoms with E-state index >= 15 is 0 Å². The number of fused-ring (bicyclic) bond motifs is 4. The lowest BCUT2D eigenvalue weighted by Gasteiger charge is -2.07. The fourth-order valence-electron chi connectivity index (χ4n) is 4.24. The van der Waals surface area contributed by atoms with E-state index in [9.17, 15) is 9.18 Å². The average molecular weight is 421 g/mol. The number of aromatic amines is 1. The number of aromatic nitrogens is 4. The second kappa shape index (κ2) is 6.75. The summed E-state index contributed by atoms with van der Waals surface area (Å²) in [6.07, 6.45) is 1.48. The number of hydrogen-bond donors (Lipinski definition) is 2. The van der Waals surface area contributed by atoms with E-state index in [1.807, 2.05) is 41.0 Å². The van der Waals surface area contributed by atoms with Crippen LogP contribution in [0.4, 0.5) is 4.39 Å². The second-order valence-corrected chi connectivity index (χ2v) is 7.57. The number of carbonyl (C=O) groups is 1. The molecule has 6 aromatic rings. The van der Waals surface area contributed by atoms with Crippen LogP contribution >= 0.6 is 0 Å². The van der Waals surface area contributed by atoms with Crippen LogP contribution in [-0.4, -0.2) is 25.4 Å². The van der Waals surface area contributed by atoms with Crippen molar-refractivity contribution in [3.63, 3.8) is 0 Å². The van der Waals surface area contributed by atoms with Crippen molar-refractivity contribution < 1.29 is 9.18 Å². The average Bonchev–Trinajstić information content (AvgIpc) is 3.37.